The zero-order valence-electron chi connectivity index (χ0n) is 11.3. The van der Waals surface area contributed by atoms with Gasteiger partial charge in [0.25, 0.3) is 0 Å². The average Bonchev–Trinajstić information content (AvgIpc) is 2.97. The highest BCUT2D eigenvalue weighted by molar-refractivity contribution is 5.73. The normalized spacial score (nSPS) is 10.7. The number of nitrogen functional groups attached to an aromatic ring is 1. The summed E-state index contributed by atoms with van der Waals surface area (Å²) in [5, 5.41) is 0. The zero-order chi connectivity index (χ0) is 13.9. The van der Waals surface area contributed by atoms with Crippen LogP contribution < -0.4 is 5.73 Å². The van der Waals surface area contributed by atoms with E-state index in [0.29, 0.717) is 5.69 Å². The topological polar surface area (TPSA) is 56.7 Å². The molecule has 0 spiro atoms. The van der Waals surface area contributed by atoms with Crippen molar-refractivity contribution >= 4 is 5.69 Å². The van der Waals surface area contributed by atoms with E-state index in [9.17, 15) is 0 Å². The molecule has 0 aliphatic carbocycles. The number of hydrogen-bond donors (Lipinski definition) is 1. The van der Waals surface area contributed by atoms with Crippen LogP contribution in [0.5, 0.6) is 0 Å². The van der Waals surface area contributed by atoms with Crippen molar-refractivity contribution in [2.45, 2.75) is 13.3 Å². The molecular weight excluding hydrogens is 248 g/mol. The van der Waals surface area contributed by atoms with Crippen molar-refractivity contribution in [1.82, 2.24) is 14.5 Å². The molecule has 0 radical (unpaired) electrons. The Morgan fingerprint density at radius 3 is 2.85 bits per heavy atom. The predicted octanol–water partition coefficient (Wildman–Crippen LogP) is 3.08. The Morgan fingerprint density at radius 1 is 1.15 bits per heavy atom. The van der Waals surface area contributed by atoms with E-state index in [1.165, 1.54) is 5.56 Å². The lowest BCUT2D eigenvalue weighted by Crippen LogP contribution is -1.99. The highest BCUT2D eigenvalue weighted by atomic mass is 15.1. The molecule has 0 unspecified atom stereocenters. The number of aryl methyl sites for hydroxylation is 1. The van der Waals surface area contributed by atoms with Gasteiger partial charge < -0.3 is 5.73 Å². The second kappa shape index (κ2) is 5.17. The van der Waals surface area contributed by atoms with Crippen molar-refractivity contribution in [2.24, 2.45) is 0 Å². The van der Waals surface area contributed by atoms with Crippen LogP contribution in [0.15, 0.2) is 55.2 Å². The van der Waals surface area contributed by atoms with E-state index >= 15 is 0 Å². The molecule has 0 amide bonds. The maximum atomic E-state index is 6.03. The molecule has 2 aromatic heterocycles. The lowest BCUT2D eigenvalue weighted by Gasteiger charge is -2.10. The van der Waals surface area contributed by atoms with E-state index in [0.717, 1.165) is 23.4 Å². The van der Waals surface area contributed by atoms with Crippen molar-refractivity contribution in [3.05, 3.63) is 60.8 Å². The molecule has 0 bridgehead atoms. The first kappa shape index (κ1) is 12.4. The van der Waals surface area contributed by atoms with Crippen molar-refractivity contribution in [3.63, 3.8) is 0 Å². The number of imidazole rings is 1. The average molecular weight is 264 g/mol. The van der Waals surface area contributed by atoms with Gasteiger partial charge in [0.15, 0.2) is 0 Å². The standard InChI is InChI=1S/C16H16N4/c1-2-12-4-3-5-13(8-12)20-11-19-10-16(20)14-9-18-7-6-15(14)17/h3-11H,2H2,1H3,(H2,17,18). The fourth-order valence-corrected chi connectivity index (χ4v) is 2.25. The summed E-state index contributed by atoms with van der Waals surface area (Å²) in [5.74, 6) is 0. The Bertz CT molecular complexity index is 731. The van der Waals surface area contributed by atoms with Crippen molar-refractivity contribution in [1.29, 1.82) is 0 Å². The third-order valence-electron chi connectivity index (χ3n) is 3.37. The maximum absolute atomic E-state index is 6.03. The number of rotatable bonds is 3. The van der Waals surface area contributed by atoms with Crippen LogP contribution in [0.2, 0.25) is 0 Å². The molecule has 0 aliphatic heterocycles. The van der Waals surface area contributed by atoms with Crippen LogP contribution in [-0.2, 0) is 6.42 Å². The quantitative estimate of drug-likeness (QED) is 0.791. The highest BCUT2D eigenvalue weighted by Crippen LogP contribution is 2.26. The SMILES string of the molecule is CCc1cccc(-n2cncc2-c2cnccc2N)c1. The molecule has 1 aromatic carbocycles. The van der Waals surface area contributed by atoms with Gasteiger partial charge in [-0.05, 0) is 30.2 Å². The van der Waals surface area contributed by atoms with E-state index < -0.39 is 0 Å². The van der Waals surface area contributed by atoms with Crippen LogP contribution in [0.4, 0.5) is 5.69 Å². The molecule has 2 N–H and O–H groups in total. The number of nitrogens with zero attached hydrogens (tertiary/aromatic N) is 3. The molecule has 0 atom stereocenters. The second-order valence-corrected chi connectivity index (χ2v) is 4.64. The Kier molecular flexibility index (Phi) is 3.21. The molecule has 3 rings (SSSR count). The molecule has 0 saturated heterocycles. The predicted molar refractivity (Wildman–Crippen MR) is 80.6 cm³/mol. The maximum Gasteiger partial charge on any atom is 0.0997 e. The van der Waals surface area contributed by atoms with Crippen LogP contribution in [0.3, 0.4) is 0 Å². The number of nitrogens with two attached hydrogens (primary N) is 1. The monoisotopic (exact) mass is 264 g/mol. The summed E-state index contributed by atoms with van der Waals surface area (Å²) in [6, 6.07) is 10.2. The summed E-state index contributed by atoms with van der Waals surface area (Å²) in [6.45, 7) is 2.15. The molecule has 3 aromatic rings. The summed E-state index contributed by atoms with van der Waals surface area (Å²) in [5.41, 5.74) is 11.0. The molecule has 0 saturated carbocycles. The number of hydrogen-bond acceptors (Lipinski definition) is 3. The summed E-state index contributed by atoms with van der Waals surface area (Å²) >= 11 is 0. The Hall–Kier alpha value is -2.62. The minimum Gasteiger partial charge on any atom is -0.398 e. The molecule has 4 nitrogen and oxygen atoms in total. The first-order valence-electron chi connectivity index (χ1n) is 6.61. The van der Waals surface area contributed by atoms with Gasteiger partial charge in [-0.3, -0.25) is 9.55 Å². The minimum atomic E-state index is 0.702. The molecule has 0 aliphatic rings. The van der Waals surface area contributed by atoms with Gasteiger partial charge >= 0.3 is 0 Å². The summed E-state index contributed by atoms with van der Waals surface area (Å²) in [4.78, 5) is 8.40. The van der Waals surface area contributed by atoms with E-state index in [2.05, 4.69) is 41.2 Å². The number of pyridine rings is 1. The van der Waals surface area contributed by atoms with E-state index in [4.69, 9.17) is 5.73 Å². The van der Waals surface area contributed by atoms with Gasteiger partial charge in [-0.1, -0.05) is 19.1 Å². The smallest absolute Gasteiger partial charge is 0.0997 e. The third-order valence-corrected chi connectivity index (χ3v) is 3.37. The van der Waals surface area contributed by atoms with Gasteiger partial charge in [0, 0.05) is 29.3 Å². The Morgan fingerprint density at radius 2 is 2.05 bits per heavy atom. The van der Waals surface area contributed by atoms with E-state index in [-0.39, 0.29) is 0 Å². The minimum absolute atomic E-state index is 0.702. The van der Waals surface area contributed by atoms with Gasteiger partial charge in [-0.2, -0.15) is 0 Å². The van der Waals surface area contributed by atoms with Crippen molar-refractivity contribution < 1.29 is 0 Å². The number of anilines is 1. The fraction of sp³-hybridized carbons (Fsp3) is 0.125. The number of benzene rings is 1. The third kappa shape index (κ3) is 2.16. The molecule has 4 heteroatoms. The van der Waals surface area contributed by atoms with E-state index in [1.807, 2.05) is 10.8 Å². The molecule has 20 heavy (non-hydrogen) atoms. The van der Waals surface area contributed by atoms with Gasteiger partial charge in [-0.15, -0.1) is 0 Å². The molecular formula is C16H16N4. The molecule has 0 fully saturated rings. The first-order chi connectivity index (χ1) is 9.79. The van der Waals surface area contributed by atoms with Crippen LogP contribution >= 0.6 is 0 Å². The van der Waals surface area contributed by atoms with Gasteiger partial charge in [0.2, 0.25) is 0 Å². The largest absolute Gasteiger partial charge is 0.398 e. The lowest BCUT2D eigenvalue weighted by molar-refractivity contribution is 1.04. The zero-order valence-corrected chi connectivity index (χ0v) is 11.3. The van der Waals surface area contributed by atoms with Crippen LogP contribution in [0.1, 0.15) is 12.5 Å². The number of aromatic nitrogens is 3. The van der Waals surface area contributed by atoms with Crippen LogP contribution in [-0.4, -0.2) is 14.5 Å². The highest BCUT2D eigenvalue weighted by Gasteiger charge is 2.10. The Balaban J connectivity index is 2.13. The van der Waals surface area contributed by atoms with Crippen LogP contribution in [0.25, 0.3) is 16.9 Å². The van der Waals surface area contributed by atoms with E-state index in [1.54, 1.807) is 24.8 Å². The van der Waals surface area contributed by atoms with Gasteiger partial charge in [0.1, 0.15) is 0 Å². The summed E-state index contributed by atoms with van der Waals surface area (Å²) in [7, 11) is 0. The van der Waals surface area contributed by atoms with Crippen molar-refractivity contribution in [3.8, 4) is 16.9 Å². The summed E-state index contributed by atoms with van der Waals surface area (Å²) < 4.78 is 2.03. The molecule has 2 heterocycles. The Labute approximate surface area is 117 Å². The fourth-order valence-electron chi connectivity index (χ4n) is 2.25. The van der Waals surface area contributed by atoms with Crippen LogP contribution in [0, 0.1) is 0 Å². The lowest BCUT2D eigenvalue weighted by atomic mass is 10.1. The second-order valence-electron chi connectivity index (χ2n) is 4.64. The van der Waals surface area contributed by atoms with Gasteiger partial charge in [-0.25, -0.2) is 4.98 Å². The van der Waals surface area contributed by atoms with Crippen molar-refractivity contribution in [2.75, 3.05) is 5.73 Å². The van der Waals surface area contributed by atoms with Gasteiger partial charge in [0.05, 0.1) is 18.2 Å². The molecule has 100 valence electrons. The summed E-state index contributed by atoms with van der Waals surface area (Å²) in [6.07, 6.45) is 8.08. The first-order valence-corrected chi connectivity index (χ1v) is 6.61.